The summed E-state index contributed by atoms with van der Waals surface area (Å²) in [5, 5.41) is 8.88. The van der Waals surface area contributed by atoms with E-state index in [9.17, 15) is 14.4 Å². The fourth-order valence-electron chi connectivity index (χ4n) is 2.18. The highest BCUT2D eigenvalue weighted by Gasteiger charge is 2.26. The predicted molar refractivity (Wildman–Crippen MR) is 66.3 cm³/mol. The molecule has 0 saturated heterocycles. The molecule has 0 spiro atoms. The number of nitrogens with zero attached hydrogens (tertiary/aromatic N) is 1. The van der Waals surface area contributed by atoms with Crippen molar-refractivity contribution in [1.82, 2.24) is 0 Å². The van der Waals surface area contributed by atoms with Crippen LogP contribution >= 0.6 is 7.60 Å². The van der Waals surface area contributed by atoms with Crippen molar-refractivity contribution in [3.63, 3.8) is 0 Å². The van der Waals surface area contributed by atoms with Gasteiger partial charge in [-0.05, 0) is 42.5 Å². The third-order valence-corrected chi connectivity index (χ3v) is 4.07. The summed E-state index contributed by atoms with van der Waals surface area (Å²) in [6.07, 6.45) is 1.45. The van der Waals surface area contributed by atoms with Crippen LogP contribution in [0.4, 0.5) is 0 Å². The molecule has 0 fully saturated rings. The average Bonchev–Trinajstić information content (AvgIpc) is 2.25. The van der Waals surface area contributed by atoms with Crippen LogP contribution in [0.25, 0.3) is 0 Å². The molecule has 92 valence electrons. The molecular formula is C12H16NO3P. The Labute approximate surface area is 101 Å². The molecule has 0 heterocycles. The molecule has 0 aliphatic rings. The lowest BCUT2D eigenvalue weighted by molar-refractivity contribution is 0.387. The number of benzene rings is 1. The first kappa shape index (κ1) is 13.9. The summed E-state index contributed by atoms with van der Waals surface area (Å²) in [5.41, 5.74) is 2.56. The minimum Gasteiger partial charge on any atom is -0.321 e. The Kier molecular flexibility index (Phi) is 4.11. The molecule has 0 amide bonds. The summed E-state index contributed by atoms with van der Waals surface area (Å²) in [7, 11) is -4.40. The van der Waals surface area contributed by atoms with Crippen molar-refractivity contribution >= 4 is 12.9 Å². The summed E-state index contributed by atoms with van der Waals surface area (Å²) in [5.74, 6) is 0. The number of nitriles is 1. The quantitative estimate of drug-likeness (QED) is 0.805. The van der Waals surface area contributed by atoms with Crippen molar-refractivity contribution in [3.8, 4) is 6.07 Å². The van der Waals surface area contributed by atoms with Crippen LogP contribution in [-0.2, 0) is 17.4 Å². The number of aryl methyl sites for hydroxylation is 1. The smallest absolute Gasteiger partial charge is 0.321 e. The van der Waals surface area contributed by atoms with Gasteiger partial charge in [0, 0.05) is 0 Å². The summed E-state index contributed by atoms with van der Waals surface area (Å²) >= 11 is 0. The van der Waals surface area contributed by atoms with Gasteiger partial charge in [-0.2, -0.15) is 5.26 Å². The van der Waals surface area contributed by atoms with Gasteiger partial charge in [-0.25, -0.2) is 0 Å². The van der Waals surface area contributed by atoms with Gasteiger partial charge < -0.3 is 9.79 Å². The molecule has 0 atom stereocenters. The summed E-state index contributed by atoms with van der Waals surface area (Å²) in [4.78, 5) is 18.7. The normalized spacial score (nSPS) is 11.3. The molecule has 1 aromatic rings. The lowest BCUT2D eigenvalue weighted by atomic mass is 9.95. The largest absolute Gasteiger partial charge is 0.357 e. The molecule has 0 aromatic heterocycles. The van der Waals surface area contributed by atoms with Gasteiger partial charge in [0.2, 0.25) is 0 Å². The van der Waals surface area contributed by atoms with Gasteiger partial charge in [-0.15, -0.1) is 0 Å². The molecular weight excluding hydrogens is 237 g/mol. The molecule has 0 radical (unpaired) electrons. The van der Waals surface area contributed by atoms with E-state index in [-0.39, 0.29) is 10.9 Å². The van der Waals surface area contributed by atoms with Crippen molar-refractivity contribution in [3.05, 3.63) is 28.3 Å². The minimum absolute atomic E-state index is 0.0879. The van der Waals surface area contributed by atoms with E-state index in [1.807, 2.05) is 19.9 Å². The van der Waals surface area contributed by atoms with Gasteiger partial charge in [0.05, 0.1) is 10.9 Å². The van der Waals surface area contributed by atoms with Crippen molar-refractivity contribution in [1.29, 1.82) is 5.26 Å². The van der Waals surface area contributed by atoms with E-state index < -0.39 is 7.60 Å². The molecule has 0 unspecified atom stereocenters. The van der Waals surface area contributed by atoms with E-state index >= 15 is 0 Å². The molecule has 1 rings (SSSR count). The van der Waals surface area contributed by atoms with Crippen LogP contribution in [0.15, 0.2) is 6.07 Å². The SMILES string of the molecule is CCc1cc(C#N)c(P(=O)(O)O)c(C)c1CC. The topological polar surface area (TPSA) is 81.3 Å². The van der Waals surface area contributed by atoms with Gasteiger partial charge in [0.25, 0.3) is 0 Å². The molecule has 0 saturated carbocycles. The predicted octanol–water partition coefficient (Wildman–Crippen LogP) is 1.79. The monoisotopic (exact) mass is 253 g/mol. The van der Waals surface area contributed by atoms with Crippen LogP contribution in [0.1, 0.15) is 36.1 Å². The second-order valence-electron chi connectivity index (χ2n) is 3.90. The lowest BCUT2D eigenvalue weighted by Crippen LogP contribution is -2.17. The van der Waals surface area contributed by atoms with Gasteiger partial charge in [-0.1, -0.05) is 13.8 Å². The van der Waals surface area contributed by atoms with Crippen LogP contribution in [0.5, 0.6) is 0 Å². The second-order valence-corrected chi connectivity index (χ2v) is 5.43. The first-order valence-electron chi connectivity index (χ1n) is 5.48. The summed E-state index contributed by atoms with van der Waals surface area (Å²) < 4.78 is 11.4. The van der Waals surface area contributed by atoms with Crippen molar-refractivity contribution in [2.45, 2.75) is 33.6 Å². The van der Waals surface area contributed by atoms with Crippen LogP contribution in [0, 0.1) is 18.3 Å². The van der Waals surface area contributed by atoms with Crippen LogP contribution in [0.2, 0.25) is 0 Å². The highest BCUT2D eigenvalue weighted by molar-refractivity contribution is 7.60. The minimum atomic E-state index is -4.40. The third kappa shape index (κ3) is 2.58. The molecule has 4 nitrogen and oxygen atoms in total. The number of hydrogen-bond donors (Lipinski definition) is 2. The van der Waals surface area contributed by atoms with Crippen molar-refractivity contribution in [2.75, 3.05) is 0 Å². The molecule has 2 N–H and O–H groups in total. The summed E-state index contributed by atoms with van der Waals surface area (Å²) in [6, 6.07) is 3.47. The Morgan fingerprint density at radius 3 is 2.29 bits per heavy atom. The van der Waals surface area contributed by atoms with Crippen molar-refractivity contribution in [2.24, 2.45) is 0 Å². The third-order valence-electron chi connectivity index (χ3n) is 2.92. The zero-order valence-electron chi connectivity index (χ0n) is 10.2. The van der Waals surface area contributed by atoms with Gasteiger partial charge >= 0.3 is 7.60 Å². The Morgan fingerprint density at radius 1 is 1.35 bits per heavy atom. The van der Waals surface area contributed by atoms with Crippen LogP contribution < -0.4 is 5.30 Å². The van der Waals surface area contributed by atoms with Gasteiger partial charge in [0.1, 0.15) is 6.07 Å². The molecule has 1 aromatic carbocycles. The number of hydrogen-bond acceptors (Lipinski definition) is 2. The Morgan fingerprint density at radius 2 is 1.94 bits per heavy atom. The fraction of sp³-hybridized carbons (Fsp3) is 0.417. The molecule has 5 heteroatoms. The Hall–Kier alpha value is -1.14. The maximum Gasteiger partial charge on any atom is 0.357 e. The molecule has 0 aliphatic heterocycles. The maximum absolute atomic E-state index is 11.4. The number of rotatable bonds is 3. The van der Waals surface area contributed by atoms with E-state index in [2.05, 4.69) is 0 Å². The van der Waals surface area contributed by atoms with E-state index in [0.717, 1.165) is 17.5 Å². The van der Waals surface area contributed by atoms with Gasteiger partial charge in [0.15, 0.2) is 0 Å². The molecule has 0 bridgehead atoms. The first-order valence-corrected chi connectivity index (χ1v) is 7.09. The van der Waals surface area contributed by atoms with E-state index in [0.29, 0.717) is 12.0 Å². The molecule has 0 aliphatic carbocycles. The summed E-state index contributed by atoms with van der Waals surface area (Å²) in [6.45, 7) is 5.58. The highest BCUT2D eigenvalue weighted by Crippen LogP contribution is 2.37. The standard InChI is InChI=1S/C12H16NO3P/c1-4-9-6-10(7-13)12(17(14,15)16)8(3)11(9)5-2/h6H,4-5H2,1-3H3,(H2,14,15,16). The van der Waals surface area contributed by atoms with Crippen LogP contribution in [-0.4, -0.2) is 9.79 Å². The zero-order chi connectivity index (χ0) is 13.2. The lowest BCUT2D eigenvalue weighted by Gasteiger charge is -2.17. The fourth-order valence-corrected chi connectivity index (χ4v) is 3.18. The van der Waals surface area contributed by atoms with E-state index in [1.165, 1.54) is 0 Å². The Bertz CT molecular complexity index is 526. The highest BCUT2D eigenvalue weighted by atomic mass is 31.2. The molecule has 17 heavy (non-hydrogen) atoms. The van der Waals surface area contributed by atoms with Crippen LogP contribution in [0.3, 0.4) is 0 Å². The van der Waals surface area contributed by atoms with Gasteiger partial charge in [-0.3, -0.25) is 4.57 Å². The van der Waals surface area contributed by atoms with E-state index in [1.54, 1.807) is 13.0 Å². The second kappa shape index (κ2) is 5.01. The van der Waals surface area contributed by atoms with E-state index in [4.69, 9.17) is 5.26 Å². The van der Waals surface area contributed by atoms with Crippen molar-refractivity contribution < 1.29 is 14.4 Å². The first-order chi connectivity index (χ1) is 7.86. The zero-order valence-corrected chi connectivity index (χ0v) is 11.1. The average molecular weight is 253 g/mol. The Balaban J connectivity index is 3.73. The maximum atomic E-state index is 11.4.